The summed E-state index contributed by atoms with van der Waals surface area (Å²) >= 11 is 3.00. The van der Waals surface area contributed by atoms with Crippen LogP contribution in [0.2, 0.25) is 0 Å². The van der Waals surface area contributed by atoms with Gasteiger partial charge in [-0.3, -0.25) is 0 Å². The second kappa shape index (κ2) is 6.00. The first kappa shape index (κ1) is 12.3. The molecule has 0 aliphatic carbocycles. The highest BCUT2D eigenvalue weighted by atomic mass is 32.2. The zero-order valence-corrected chi connectivity index (χ0v) is 11.0. The number of aromatic nitrogens is 2. The van der Waals surface area contributed by atoms with Gasteiger partial charge in [-0.05, 0) is 5.56 Å². The van der Waals surface area contributed by atoms with E-state index < -0.39 is 6.10 Å². The van der Waals surface area contributed by atoms with Crippen molar-refractivity contribution in [1.82, 2.24) is 10.2 Å². The van der Waals surface area contributed by atoms with E-state index in [1.165, 1.54) is 23.1 Å². The third-order valence-corrected chi connectivity index (χ3v) is 4.32. The summed E-state index contributed by atoms with van der Waals surface area (Å²) in [6.07, 6.45) is -0.469. The van der Waals surface area contributed by atoms with Crippen molar-refractivity contribution in [3.63, 3.8) is 0 Å². The lowest BCUT2D eigenvalue weighted by atomic mass is 10.1. The molecule has 1 heterocycles. The minimum Gasteiger partial charge on any atom is -0.388 e. The molecule has 0 saturated heterocycles. The van der Waals surface area contributed by atoms with Crippen LogP contribution in [0.3, 0.4) is 0 Å². The van der Waals surface area contributed by atoms with Crippen LogP contribution in [0.1, 0.15) is 11.7 Å². The first-order valence-electron chi connectivity index (χ1n) is 5.16. The second-order valence-corrected chi connectivity index (χ2v) is 5.61. The quantitative estimate of drug-likeness (QED) is 0.815. The van der Waals surface area contributed by atoms with E-state index in [0.717, 1.165) is 15.0 Å². The van der Waals surface area contributed by atoms with Crippen molar-refractivity contribution in [2.45, 2.75) is 10.4 Å². The summed E-state index contributed by atoms with van der Waals surface area (Å²) in [5.41, 5.74) is 0.929. The van der Waals surface area contributed by atoms with Crippen molar-refractivity contribution in [3.8, 4) is 0 Å². The Kier molecular flexibility index (Phi) is 4.36. The molecule has 0 spiro atoms. The Balaban J connectivity index is 1.90. The SMILES string of the molecule is CNc1nnc(SCC(O)c2ccccc2)s1. The zero-order valence-electron chi connectivity index (χ0n) is 9.33. The molecule has 0 aliphatic heterocycles. The van der Waals surface area contributed by atoms with Crippen molar-refractivity contribution in [2.75, 3.05) is 18.1 Å². The molecule has 4 nitrogen and oxygen atoms in total. The molecule has 0 amide bonds. The normalized spacial score (nSPS) is 12.4. The molecule has 90 valence electrons. The number of anilines is 1. The molecular formula is C11H13N3OS2. The van der Waals surface area contributed by atoms with Crippen molar-refractivity contribution >= 4 is 28.2 Å². The van der Waals surface area contributed by atoms with Crippen molar-refractivity contribution in [1.29, 1.82) is 0 Å². The first-order valence-corrected chi connectivity index (χ1v) is 6.97. The fourth-order valence-electron chi connectivity index (χ4n) is 1.29. The Morgan fingerprint density at radius 1 is 1.35 bits per heavy atom. The molecule has 1 aromatic carbocycles. The smallest absolute Gasteiger partial charge is 0.206 e. The molecular weight excluding hydrogens is 254 g/mol. The number of aliphatic hydroxyl groups excluding tert-OH is 1. The van der Waals surface area contributed by atoms with E-state index in [1.54, 1.807) is 0 Å². The molecule has 0 fully saturated rings. The van der Waals surface area contributed by atoms with Crippen LogP contribution in [0.15, 0.2) is 34.7 Å². The summed E-state index contributed by atoms with van der Waals surface area (Å²) in [6.45, 7) is 0. The maximum atomic E-state index is 9.97. The van der Waals surface area contributed by atoms with E-state index in [9.17, 15) is 5.11 Å². The molecule has 0 radical (unpaired) electrons. The van der Waals surface area contributed by atoms with Gasteiger partial charge in [0.15, 0.2) is 4.34 Å². The van der Waals surface area contributed by atoms with Crippen LogP contribution in [0.25, 0.3) is 0 Å². The minimum atomic E-state index is -0.469. The molecule has 0 aliphatic rings. The maximum Gasteiger partial charge on any atom is 0.206 e. The van der Waals surface area contributed by atoms with Gasteiger partial charge in [0.25, 0.3) is 0 Å². The molecule has 0 bridgehead atoms. The fourth-order valence-corrected chi connectivity index (χ4v) is 2.99. The van der Waals surface area contributed by atoms with Gasteiger partial charge in [0.2, 0.25) is 5.13 Å². The van der Waals surface area contributed by atoms with E-state index in [4.69, 9.17) is 0 Å². The summed E-state index contributed by atoms with van der Waals surface area (Å²) in [5, 5.41) is 21.6. The molecule has 1 aromatic heterocycles. The third kappa shape index (κ3) is 3.42. The van der Waals surface area contributed by atoms with Crippen LogP contribution in [0.5, 0.6) is 0 Å². The average Bonchev–Trinajstić information content (AvgIpc) is 2.85. The molecule has 1 atom stereocenters. The van der Waals surface area contributed by atoms with Crippen molar-refractivity contribution in [3.05, 3.63) is 35.9 Å². The van der Waals surface area contributed by atoms with Crippen molar-refractivity contribution < 1.29 is 5.11 Å². The maximum absolute atomic E-state index is 9.97. The van der Waals surface area contributed by atoms with Gasteiger partial charge in [0.05, 0.1) is 6.10 Å². The van der Waals surface area contributed by atoms with Gasteiger partial charge in [-0.15, -0.1) is 10.2 Å². The summed E-state index contributed by atoms with van der Waals surface area (Å²) in [7, 11) is 1.81. The van der Waals surface area contributed by atoms with Gasteiger partial charge in [0, 0.05) is 12.8 Å². The number of hydrogen-bond acceptors (Lipinski definition) is 6. The van der Waals surface area contributed by atoms with Gasteiger partial charge < -0.3 is 10.4 Å². The molecule has 2 N–H and O–H groups in total. The van der Waals surface area contributed by atoms with E-state index in [2.05, 4.69) is 15.5 Å². The van der Waals surface area contributed by atoms with Gasteiger partial charge in [0.1, 0.15) is 0 Å². The lowest BCUT2D eigenvalue weighted by molar-refractivity contribution is 0.204. The van der Waals surface area contributed by atoms with Crippen LogP contribution in [-0.4, -0.2) is 28.1 Å². The molecule has 6 heteroatoms. The fraction of sp³-hybridized carbons (Fsp3) is 0.273. The predicted octanol–water partition coefficient (Wildman–Crippen LogP) is 2.41. The predicted molar refractivity (Wildman–Crippen MR) is 71.6 cm³/mol. The minimum absolute atomic E-state index is 0.469. The topological polar surface area (TPSA) is 58.0 Å². The highest BCUT2D eigenvalue weighted by molar-refractivity contribution is 8.01. The van der Waals surface area contributed by atoms with E-state index in [1.807, 2.05) is 37.4 Å². The standard InChI is InChI=1S/C11H13N3OS2/c1-12-10-13-14-11(17-10)16-7-9(15)8-5-3-2-4-6-8/h2-6,9,15H,7H2,1H3,(H,12,13). The third-order valence-electron chi connectivity index (χ3n) is 2.17. The van der Waals surface area contributed by atoms with E-state index in [-0.39, 0.29) is 0 Å². The molecule has 1 unspecified atom stereocenters. The Bertz CT molecular complexity index is 461. The van der Waals surface area contributed by atoms with Crippen LogP contribution < -0.4 is 5.32 Å². The van der Waals surface area contributed by atoms with Crippen LogP contribution >= 0.6 is 23.1 Å². The highest BCUT2D eigenvalue weighted by Crippen LogP contribution is 2.28. The van der Waals surface area contributed by atoms with Crippen LogP contribution in [-0.2, 0) is 0 Å². The lowest BCUT2D eigenvalue weighted by Gasteiger charge is -2.08. The van der Waals surface area contributed by atoms with Crippen LogP contribution in [0.4, 0.5) is 5.13 Å². The average molecular weight is 267 g/mol. The Hall–Kier alpha value is -1.11. The summed E-state index contributed by atoms with van der Waals surface area (Å²) in [4.78, 5) is 0. The summed E-state index contributed by atoms with van der Waals surface area (Å²) in [6, 6.07) is 9.63. The summed E-state index contributed by atoms with van der Waals surface area (Å²) < 4.78 is 0.865. The van der Waals surface area contributed by atoms with Crippen LogP contribution in [0, 0.1) is 0 Å². The lowest BCUT2D eigenvalue weighted by Crippen LogP contribution is -1.99. The zero-order chi connectivity index (χ0) is 12.1. The van der Waals surface area contributed by atoms with Gasteiger partial charge >= 0.3 is 0 Å². The summed E-state index contributed by atoms with van der Waals surface area (Å²) in [5.74, 6) is 0.586. The molecule has 2 rings (SSSR count). The second-order valence-electron chi connectivity index (χ2n) is 3.36. The Morgan fingerprint density at radius 2 is 2.12 bits per heavy atom. The Morgan fingerprint density at radius 3 is 2.76 bits per heavy atom. The molecule has 2 aromatic rings. The number of rotatable bonds is 5. The van der Waals surface area contributed by atoms with E-state index >= 15 is 0 Å². The first-order chi connectivity index (χ1) is 8.29. The highest BCUT2D eigenvalue weighted by Gasteiger charge is 2.10. The van der Waals surface area contributed by atoms with Gasteiger partial charge in [-0.2, -0.15) is 0 Å². The number of nitrogens with one attached hydrogen (secondary N) is 1. The number of hydrogen-bond donors (Lipinski definition) is 2. The van der Waals surface area contributed by atoms with Gasteiger partial charge in [-0.25, -0.2) is 0 Å². The number of aliphatic hydroxyl groups is 1. The Labute approximate surface area is 108 Å². The van der Waals surface area contributed by atoms with E-state index in [0.29, 0.717) is 5.75 Å². The van der Waals surface area contributed by atoms with Crippen molar-refractivity contribution in [2.24, 2.45) is 0 Å². The number of thioether (sulfide) groups is 1. The molecule has 0 saturated carbocycles. The number of benzene rings is 1. The number of nitrogens with zero attached hydrogens (tertiary/aromatic N) is 2. The monoisotopic (exact) mass is 267 g/mol. The molecule has 17 heavy (non-hydrogen) atoms. The largest absolute Gasteiger partial charge is 0.388 e. The van der Waals surface area contributed by atoms with Gasteiger partial charge in [-0.1, -0.05) is 53.4 Å².